The number of nitrogens with one attached hydrogen (secondary N) is 1. The second-order valence-corrected chi connectivity index (χ2v) is 8.42. The van der Waals surface area contributed by atoms with Crippen molar-refractivity contribution in [2.75, 3.05) is 0 Å². The minimum Gasteiger partial charge on any atom is -0.507 e. The molecule has 1 amide bonds. The van der Waals surface area contributed by atoms with Gasteiger partial charge in [0, 0.05) is 25.1 Å². The zero-order valence-corrected chi connectivity index (χ0v) is 18.5. The number of cyclic esters (lactones) is 1. The number of allylic oxidation sites excluding steroid dienone is 4. The number of ether oxygens (including phenoxy) is 2. The van der Waals surface area contributed by atoms with Crippen LogP contribution in [0.5, 0.6) is 0 Å². The number of fused-ring (bicyclic) bond motifs is 2. The lowest BCUT2D eigenvalue weighted by molar-refractivity contribution is -0.151. The number of carbonyl (C=O) groups excluding carboxylic acids is 2. The van der Waals surface area contributed by atoms with E-state index in [0.717, 1.165) is 12.0 Å². The van der Waals surface area contributed by atoms with Crippen LogP contribution >= 0.6 is 0 Å². The summed E-state index contributed by atoms with van der Waals surface area (Å²) in [6.45, 7) is 2.02. The summed E-state index contributed by atoms with van der Waals surface area (Å²) in [6, 6.07) is 0. The Morgan fingerprint density at radius 2 is 2.03 bits per heavy atom. The van der Waals surface area contributed by atoms with E-state index in [1.54, 1.807) is 18.2 Å². The molecule has 0 aromatic heterocycles. The smallest absolute Gasteiger partial charge is 0.342 e. The van der Waals surface area contributed by atoms with Crippen LogP contribution in [-0.2, 0) is 19.1 Å². The standard InChI is InChI=1S/C25H33NO6/c1-2-3-4-5-11-23(29)26-12-7-9-19-16-21-15-18(27)14-20(31-21)13-17-8-6-10-22(28)24(17)25(30)32-19/h3-5,7,10-12,18-21,27-28H,2,6,8-9,13-16H2,1H3,(H,26,29)/b4-3-,11-5-,12-7+. The highest BCUT2D eigenvalue weighted by atomic mass is 16.5. The third-order valence-electron chi connectivity index (χ3n) is 5.80. The van der Waals surface area contributed by atoms with Gasteiger partial charge in [-0.05, 0) is 50.2 Å². The van der Waals surface area contributed by atoms with Crippen molar-refractivity contribution in [3.63, 3.8) is 0 Å². The number of carbonyl (C=O) groups is 2. The second-order valence-electron chi connectivity index (χ2n) is 8.42. The first-order chi connectivity index (χ1) is 15.5. The van der Waals surface area contributed by atoms with Gasteiger partial charge in [0.15, 0.2) is 0 Å². The van der Waals surface area contributed by atoms with E-state index in [1.165, 1.54) is 12.3 Å². The van der Waals surface area contributed by atoms with Crippen molar-refractivity contribution in [1.82, 2.24) is 5.32 Å². The average Bonchev–Trinajstić information content (AvgIpc) is 2.73. The topological polar surface area (TPSA) is 105 Å². The van der Waals surface area contributed by atoms with Crippen LogP contribution in [-0.4, -0.2) is 46.5 Å². The SMILES string of the molecule is CC/C=C\C=C/C(=O)N/C=C/CC1CC2CC(O)CC(CC3=C(C(=O)O1)C(O)=CCC3)O2. The Bertz CT molecular complexity index is 837. The van der Waals surface area contributed by atoms with Gasteiger partial charge in [0.25, 0.3) is 0 Å². The molecular weight excluding hydrogens is 410 g/mol. The summed E-state index contributed by atoms with van der Waals surface area (Å²) in [5, 5.41) is 23.3. The molecular formula is C25H33NO6. The predicted octanol–water partition coefficient (Wildman–Crippen LogP) is 3.68. The summed E-state index contributed by atoms with van der Waals surface area (Å²) >= 11 is 0. The van der Waals surface area contributed by atoms with E-state index in [-0.39, 0.29) is 29.4 Å². The van der Waals surface area contributed by atoms with Crippen molar-refractivity contribution in [1.29, 1.82) is 0 Å². The highest BCUT2D eigenvalue weighted by Crippen LogP contribution is 2.35. The first-order valence-corrected chi connectivity index (χ1v) is 11.4. The van der Waals surface area contributed by atoms with Crippen molar-refractivity contribution < 1.29 is 29.3 Å². The monoisotopic (exact) mass is 443 g/mol. The summed E-state index contributed by atoms with van der Waals surface area (Å²) in [5.41, 5.74) is 1.05. The van der Waals surface area contributed by atoms with Gasteiger partial charge in [-0.2, -0.15) is 0 Å². The van der Waals surface area contributed by atoms with Gasteiger partial charge in [-0.1, -0.05) is 31.2 Å². The first-order valence-electron chi connectivity index (χ1n) is 11.4. The van der Waals surface area contributed by atoms with E-state index in [0.29, 0.717) is 44.9 Å². The lowest BCUT2D eigenvalue weighted by Gasteiger charge is -2.37. The van der Waals surface area contributed by atoms with Crippen molar-refractivity contribution in [2.45, 2.75) is 82.7 Å². The molecule has 4 unspecified atom stereocenters. The molecule has 1 saturated heterocycles. The third-order valence-corrected chi connectivity index (χ3v) is 5.80. The van der Waals surface area contributed by atoms with Crippen LogP contribution in [0.4, 0.5) is 0 Å². The molecule has 32 heavy (non-hydrogen) atoms. The van der Waals surface area contributed by atoms with Crippen LogP contribution in [0.3, 0.4) is 0 Å². The van der Waals surface area contributed by atoms with Gasteiger partial charge >= 0.3 is 5.97 Å². The highest BCUT2D eigenvalue weighted by molar-refractivity contribution is 5.94. The molecule has 7 heteroatoms. The molecule has 0 aromatic rings. The maximum atomic E-state index is 12.9. The Morgan fingerprint density at radius 3 is 2.84 bits per heavy atom. The zero-order valence-electron chi connectivity index (χ0n) is 18.5. The Morgan fingerprint density at radius 1 is 1.22 bits per heavy atom. The molecule has 2 heterocycles. The molecule has 3 N–H and O–H groups in total. The largest absolute Gasteiger partial charge is 0.507 e. The van der Waals surface area contributed by atoms with E-state index in [4.69, 9.17) is 9.47 Å². The van der Waals surface area contributed by atoms with Crippen LogP contribution in [0.1, 0.15) is 58.3 Å². The molecule has 0 saturated carbocycles. The fourth-order valence-electron chi connectivity index (χ4n) is 4.35. The normalized spacial score (nSPS) is 29.2. The maximum absolute atomic E-state index is 12.9. The molecule has 0 radical (unpaired) electrons. The highest BCUT2D eigenvalue weighted by Gasteiger charge is 2.35. The lowest BCUT2D eigenvalue weighted by Crippen LogP contribution is -2.39. The van der Waals surface area contributed by atoms with Crippen molar-refractivity contribution in [3.8, 4) is 0 Å². The molecule has 0 spiro atoms. The minimum absolute atomic E-state index is 0.0461. The number of aliphatic hydroxyl groups excluding tert-OH is 2. The van der Waals surface area contributed by atoms with Gasteiger partial charge in [0.1, 0.15) is 17.4 Å². The molecule has 0 aromatic carbocycles. The molecule has 1 fully saturated rings. The fourth-order valence-corrected chi connectivity index (χ4v) is 4.35. The molecule has 2 aliphatic heterocycles. The van der Waals surface area contributed by atoms with Crippen LogP contribution in [0.15, 0.2) is 59.6 Å². The Hall–Kier alpha value is -2.64. The van der Waals surface area contributed by atoms with Crippen LogP contribution in [0.25, 0.3) is 0 Å². The van der Waals surface area contributed by atoms with Crippen molar-refractivity contribution in [3.05, 3.63) is 59.6 Å². The molecule has 3 rings (SSSR count). The minimum atomic E-state index is -0.526. The zero-order chi connectivity index (χ0) is 22.9. The van der Waals surface area contributed by atoms with Gasteiger partial charge < -0.3 is 25.0 Å². The van der Waals surface area contributed by atoms with Gasteiger partial charge in [-0.25, -0.2) is 4.79 Å². The summed E-state index contributed by atoms with van der Waals surface area (Å²) in [5.74, 6) is -0.823. The summed E-state index contributed by atoms with van der Waals surface area (Å²) in [4.78, 5) is 24.7. The number of esters is 1. The van der Waals surface area contributed by atoms with E-state index in [2.05, 4.69) is 5.32 Å². The van der Waals surface area contributed by atoms with Gasteiger partial charge in [0.05, 0.1) is 18.3 Å². The van der Waals surface area contributed by atoms with Crippen LogP contribution in [0.2, 0.25) is 0 Å². The summed E-state index contributed by atoms with van der Waals surface area (Å²) in [6.07, 6.45) is 15.0. The molecule has 1 aliphatic carbocycles. The van der Waals surface area contributed by atoms with E-state index < -0.39 is 18.2 Å². The second kappa shape index (κ2) is 11.8. The fraction of sp³-hybridized carbons (Fsp3) is 0.520. The van der Waals surface area contributed by atoms with E-state index >= 15 is 0 Å². The average molecular weight is 444 g/mol. The van der Waals surface area contributed by atoms with Gasteiger partial charge in [0.2, 0.25) is 5.91 Å². The Kier molecular flexibility index (Phi) is 8.88. The quantitative estimate of drug-likeness (QED) is 0.329. The Balaban J connectivity index is 1.68. The molecule has 4 atom stereocenters. The van der Waals surface area contributed by atoms with E-state index in [1.807, 2.05) is 19.1 Å². The molecule has 174 valence electrons. The third kappa shape index (κ3) is 6.93. The van der Waals surface area contributed by atoms with Crippen LogP contribution < -0.4 is 5.32 Å². The number of rotatable bonds is 6. The van der Waals surface area contributed by atoms with Gasteiger partial charge in [-0.15, -0.1) is 0 Å². The number of hydrogen-bond donors (Lipinski definition) is 3. The number of aliphatic hydroxyl groups is 2. The molecule has 7 nitrogen and oxygen atoms in total. The number of amides is 1. The van der Waals surface area contributed by atoms with Crippen molar-refractivity contribution >= 4 is 11.9 Å². The Labute approximate surface area is 189 Å². The predicted molar refractivity (Wildman–Crippen MR) is 120 cm³/mol. The molecule has 2 bridgehead atoms. The van der Waals surface area contributed by atoms with Gasteiger partial charge in [-0.3, -0.25) is 4.79 Å². The van der Waals surface area contributed by atoms with Crippen molar-refractivity contribution in [2.24, 2.45) is 0 Å². The first kappa shape index (κ1) is 24.0. The van der Waals surface area contributed by atoms with E-state index in [9.17, 15) is 19.8 Å². The van der Waals surface area contributed by atoms with Crippen LogP contribution in [0, 0.1) is 0 Å². The molecule has 3 aliphatic rings. The summed E-state index contributed by atoms with van der Waals surface area (Å²) in [7, 11) is 0. The number of hydrogen-bond acceptors (Lipinski definition) is 6. The lowest BCUT2D eigenvalue weighted by atomic mass is 9.87. The summed E-state index contributed by atoms with van der Waals surface area (Å²) < 4.78 is 11.9. The maximum Gasteiger partial charge on any atom is 0.342 e.